The third kappa shape index (κ3) is 3.27. The van der Waals surface area contributed by atoms with Crippen LogP contribution in [0.3, 0.4) is 0 Å². The SMILES string of the molecule is CCn1cc(S(=O)(=O)Nc2cccc(I)c2)nc1C. The summed E-state index contributed by atoms with van der Waals surface area (Å²) in [6.45, 7) is 4.42. The molecule has 0 fully saturated rings. The van der Waals surface area contributed by atoms with Crippen molar-refractivity contribution < 1.29 is 8.42 Å². The highest BCUT2D eigenvalue weighted by molar-refractivity contribution is 14.1. The molecular formula is C12H14IN3O2S. The Morgan fingerprint density at radius 1 is 1.42 bits per heavy atom. The van der Waals surface area contributed by atoms with Crippen molar-refractivity contribution in [1.82, 2.24) is 9.55 Å². The molecule has 0 aliphatic heterocycles. The van der Waals surface area contributed by atoms with Crippen LogP contribution >= 0.6 is 22.6 Å². The van der Waals surface area contributed by atoms with Gasteiger partial charge in [0.05, 0.1) is 0 Å². The summed E-state index contributed by atoms with van der Waals surface area (Å²) in [6.07, 6.45) is 1.55. The van der Waals surface area contributed by atoms with E-state index in [0.717, 1.165) is 3.57 Å². The molecule has 1 aromatic carbocycles. The second kappa shape index (κ2) is 5.49. The summed E-state index contributed by atoms with van der Waals surface area (Å²) in [5.41, 5.74) is 0.538. The van der Waals surface area contributed by atoms with Crippen LogP contribution in [0.15, 0.2) is 35.5 Å². The van der Waals surface area contributed by atoms with Crippen molar-refractivity contribution in [3.63, 3.8) is 0 Å². The first-order valence-corrected chi connectivity index (χ1v) is 8.30. The molecule has 2 aromatic rings. The maximum atomic E-state index is 12.2. The van der Waals surface area contributed by atoms with Gasteiger partial charge in [-0.05, 0) is 54.6 Å². The Balaban J connectivity index is 2.32. The average molecular weight is 391 g/mol. The zero-order valence-electron chi connectivity index (χ0n) is 10.6. The predicted molar refractivity (Wildman–Crippen MR) is 82.6 cm³/mol. The van der Waals surface area contributed by atoms with Crippen molar-refractivity contribution in [3.05, 3.63) is 39.9 Å². The lowest BCUT2D eigenvalue weighted by atomic mass is 10.3. The van der Waals surface area contributed by atoms with Crippen LogP contribution in [0.5, 0.6) is 0 Å². The van der Waals surface area contributed by atoms with Gasteiger partial charge >= 0.3 is 0 Å². The molecule has 5 nitrogen and oxygen atoms in total. The highest BCUT2D eigenvalue weighted by Crippen LogP contribution is 2.17. The fourth-order valence-electron chi connectivity index (χ4n) is 1.69. The van der Waals surface area contributed by atoms with Crippen LogP contribution in [0.2, 0.25) is 0 Å². The first-order chi connectivity index (χ1) is 8.92. The number of nitrogens with one attached hydrogen (secondary N) is 1. The summed E-state index contributed by atoms with van der Waals surface area (Å²) in [5, 5.41) is 0.0470. The minimum atomic E-state index is -3.63. The maximum absolute atomic E-state index is 12.2. The van der Waals surface area contributed by atoms with Gasteiger partial charge in [0.15, 0.2) is 5.03 Å². The van der Waals surface area contributed by atoms with E-state index in [4.69, 9.17) is 0 Å². The average Bonchev–Trinajstić information content (AvgIpc) is 2.71. The Bertz CT molecular complexity index is 695. The molecule has 0 saturated carbocycles. The molecule has 0 bridgehead atoms. The highest BCUT2D eigenvalue weighted by Gasteiger charge is 2.19. The van der Waals surface area contributed by atoms with Crippen molar-refractivity contribution in [2.24, 2.45) is 0 Å². The molecule has 1 heterocycles. The molecule has 1 aromatic heterocycles. The number of rotatable bonds is 4. The van der Waals surface area contributed by atoms with Crippen LogP contribution in [0, 0.1) is 10.5 Å². The van der Waals surface area contributed by atoms with Crippen LogP contribution in [0.25, 0.3) is 0 Å². The van der Waals surface area contributed by atoms with Crippen molar-refractivity contribution in [2.75, 3.05) is 4.72 Å². The highest BCUT2D eigenvalue weighted by atomic mass is 127. The van der Waals surface area contributed by atoms with Crippen LogP contribution in [0.4, 0.5) is 5.69 Å². The van der Waals surface area contributed by atoms with E-state index < -0.39 is 10.0 Å². The van der Waals surface area contributed by atoms with Gasteiger partial charge in [-0.1, -0.05) is 6.07 Å². The topological polar surface area (TPSA) is 64.0 Å². The maximum Gasteiger partial charge on any atom is 0.280 e. The third-order valence-electron chi connectivity index (χ3n) is 2.65. The third-order valence-corrected chi connectivity index (χ3v) is 4.57. The van der Waals surface area contributed by atoms with Crippen LogP contribution in [0.1, 0.15) is 12.7 Å². The largest absolute Gasteiger partial charge is 0.334 e. The van der Waals surface area contributed by atoms with Crippen molar-refractivity contribution >= 4 is 38.3 Å². The first-order valence-electron chi connectivity index (χ1n) is 5.74. The van der Waals surface area contributed by atoms with E-state index in [0.29, 0.717) is 18.1 Å². The number of sulfonamides is 1. The Morgan fingerprint density at radius 3 is 2.74 bits per heavy atom. The Labute approximate surface area is 126 Å². The molecule has 0 aliphatic carbocycles. The van der Waals surface area contributed by atoms with E-state index >= 15 is 0 Å². The molecule has 19 heavy (non-hydrogen) atoms. The molecule has 102 valence electrons. The second-order valence-electron chi connectivity index (χ2n) is 4.03. The Morgan fingerprint density at radius 2 is 2.16 bits per heavy atom. The van der Waals surface area contributed by atoms with Crippen LogP contribution < -0.4 is 4.72 Å². The van der Waals surface area contributed by atoms with E-state index in [2.05, 4.69) is 32.3 Å². The van der Waals surface area contributed by atoms with Gasteiger partial charge in [0.25, 0.3) is 10.0 Å². The van der Waals surface area contributed by atoms with E-state index in [1.54, 1.807) is 35.9 Å². The molecule has 7 heteroatoms. The van der Waals surface area contributed by atoms with Gasteiger partial charge in [-0.2, -0.15) is 8.42 Å². The van der Waals surface area contributed by atoms with Crippen molar-refractivity contribution in [3.8, 4) is 0 Å². The molecule has 0 saturated heterocycles. The smallest absolute Gasteiger partial charge is 0.280 e. The number of hydrogen-bond donors (Lipinski definition) is 1. The number of aryl methyl sites for hydroxylation is 2. The Hall–Kier alpha value is -1.09. The Kier molecular flexibility index (Phi) is 4.14. The number of imidazole rings is 1. The lowest BCUT2D eigenvalue weighted by molar-refractivity contribution is 0.598. The van der Waals surface area contributed by atoms with E-state index in [9.17, 15) is 8.42 Å². The molecular weight excluding hydrogens is 377 g/mol. The summed E-state index contributed by atoms with van der Waals surface area (Å²) >= 11 is 2.13. The first kappa shape index (κ1) is 14.3. The van der Waals surface area contributed by atoms with Gasteiger partial charge < -0.3 is 4.57 Å². The van der Waals surface area contributed by atoms with Gasteiger partial charge in [0, 0.05) is 22.0 Å². The minimum absolute atomic E-state index is 0.0470. The van der Waals surface area contributed by atoms with E-state index in [1.807, 2.05) is 13.0 Å². The van der Waals surface area contributed by atoms with E-state index in [-0.39, 0.29) is 5.03 Å². The molecule has 0 radical (unpaired) electrons. The second-order valence-corrected chi connectivity index (χ2v) is 6.90. The number of halogens is 1. The summed E-state index contributed by atoms with van der Waals surface area (Å²) in [7, 11) is -3.63. The number of nitrogens with zero attached hydrogens (tertiary/aromatic N) is 2. The predicted octanol–water partition coefficient (Wildman–Crippen LogP) is 2.62. The fourth-order valence-corrected chi connectivity index (χ4v) is 3.29. The number of anilines is 1. The lowest BCUT2D eigenvalue weighted by Crippen LogP contribution is -2.13. The van der Waals surface area contributed by atoms with Gasteiger partial charge in [0.2, 0.25) is 0 Å². The van der Waals surface area contributed by atoms with E-state index in [1.165, 1.54) is 0 Å². The monoisotopic (exact) mass is 391 g/mol. The van der Waals surface area contributed by atoms with Gasteiger partial charge in [-0.3, -0.25) is 4.72 Å². The molecule has 0 atom stereocenters. The zero-order valence-corrected chi connectivity index (χ0v) is 13.6. The standard InChI is InChI=1S/C12H14IN3O2S/c1-3-16-8-12(14-9(16)2)19(17,18)15-11-6-4-5-10(13)7-11/h4-8,15H,3H2,1-2H3. The molecule has 0 aliphatic rings. The van der Waals surface area contributed by atoms with Gasteiger partial charge in [-0.15, -0.1) is 0 Å². The molecule has 0 amide bonds. The summed E-state index contributed by atoms with van der Waals surface area (Å²) < 4.78 is 29.7. The number of aromatic nitrogens is 2. The normalized spacial score (nSPS) is 11.5. The molecule has 0 unspecified atom stereocenters. The fraction of sp³-hybridized carbons (Fsp3) is 0.250. The number of hydrogen-bond acceptors (Lipinski definition) is 3. The zero-order chi connectivity index (χ0) is 14.0. The van der Waals surface area contributed by atoms with Gasteiger partial charge in [-0.25, -0.2) is 4.98 Å². The van der Waals surface area contributed by atoms with Crippen LogP contribution in [-0.4, -0.2) is 18.0 Å². The quantitative estimate of drug-likeness (QED) is 0.816. The molecule has 2 rings (SSSR count). The number of benzene rings is 1. The summed E-state index contributed by atoms with van der Waals surface area (Å²) in [5.74, 6) is 0.686. The van der Waals surface area contributed by atoms with Crippen molar-refractivity contribution in [2.45, 2.75) is 25.4 Å². The van der Waals surface area contributed by atoms with Gasteiger partial charge in [0.1, 0.15) is 5.82 Å². The van der Waals surface area contributed by atoms with Crippen LogP contribution in [-0.2, 0) is 16.6 Å². The lowest BCUT2D eigenvalue weighted by Gasteiger charge is -2.05. The molecule has 0 spiro atoms. The summed E-state index contributed by atoms with van der Waals surface area (Å²) in [6, 6.07) is 7.18. The minimum Gasteiger partial charge on any atom is -0.334 e. The van der Waals surface area contributed by atoms with Crippen molar-refractivity contribution in [1.29, 1.82) is 0 Å². The molecule has 1 N–H and O–H groups in total. The summed E-state index contributed by atoms with van der Waals surface area (Å²) in [4.78, 5) is 4.08.